The molecule has 0 radical (unpaired) electrons. The van der Waals surface area contributed by atoms with Gasteiger partial charge in [-0.05, 0) is 13.0 Å². The zero-order valence-corrected chi connectivity index (χ0v) is 9.93. The molecule has 2 N–H and O–H groups in total. The van der Waals surface area contributed by atoms with Crippen molar-refractivity contribution < 1.29 is 28.6 Å². The predicted molar refractivity (Wildman–Crippen MR) is 59.0 cm³/mol. The average molecular weight is 255 g/mol. The molecule has 1 rings (SSSR count). The van der Waals surface area contributed by atoms with Crippen molar-refractivity contribution in [2.24, 2.45) is 0 Å². The summed E-state index contributed by atoms with van der Waals surface area (Å²) in [5.41, 5.74) is 0.228. The Bertz CT molecular complexity index is 464. The number of carbonyl (C=O) groups is 3. The van der Waals surface area contributed by atoms with Crippen LogP contribution in [0.4, 0.5) is 0 Å². The summed E-state index contributed by atoms with van der Waals surface area (Å²) in [5.74, 6) is -2.27. The molecule has 0 aromatic carbocycles. The number of amides is 1. The fourth-order valence-electron chi connectivity index (χ4n) is 1.31. The highest BCUT2D eigenvalue weighted by Gasteiger charge is 2.25. The molecular weight excluding hydrogens is 242 g/mol. The minimum Gasteiger partial charge on any atom is -0.480 e. The molecule has 1 amide bonds. The summed E-state index contributed by atoms with van der Waals surface area (Å²) in [6, 6.07) is 0.0843. The number of methoxy groups -OCH3 is 1. The highest BCUT2D eigenvalue weighted by molar-refractivity contribution is 5.98. The van der Waals surface area contributed by atoms with Gasteiger partial charge in [0, 0.05) is 0 Å². The molecule has 1 atom stereocenters. The lowest BCUT2D eigenvalue weighted by Gasteiger charge is -2.12. The van der Waals surface area contributed by atoms with Gasteiger partial charge in [0.25, 0.3) is 5.91 Å². The summed E-state index contributed by atoms with van der Waals surface area (Å²) in [7, 11) is 1.14. The van der Waals surface area contributed by atoms with Crippen LogP contribution in [-0.2, 0) is 14.3 Å². The van der Waals surface area contributed by atoms with Crippen LogP contribution in [0.2, 0.25) is 0 Å². The molecule has 7 nitrogen and oxygen atoms in total. The molecule has 1 aromatic rings. The summed E-state index contributed by atoms with van der Waals surface area (Å²) in [6.45, 7) is 1.57. The zero-order valence-electron chi connectivity index (χ0n) is 9.93. The first-order valence-corrected chi connectivity index (χ1v) is 5.10. The Morgan fingerprint density at radius 3 is 2.61 bits per heavy atom. The molecule has 0 saturated heterocycles. The van der Waals surface area contributed by atoms with Gasteiger partial charge in [-0.3, -0.25) is 9.59 Å². The Morgan fingerprint density at radius 1 is 1.50 bits per heavy atom. The number of ether oxygens (including phenoxy) is 1. The lowest BCUT2D eigenvalue weighted by atomic mass is 10.2. The maximum atomic E-state index is 11.7. The van der Waals surface area contributed by atoms with Crippen LogP contribution >= 0.6 is 0 Å². The number of rotatable bonds is 5. The minimum atomic E-state index is -1.33. The maximum Gasteiger partial charge on any atom is 0.326 e. The lowest BCUT2D eigenvalue weighted by molar-refractivity contribution is -0.147. The Balaban J connectivity index is 2.73. The predicted octanol–water partition coefficient (Wildman–Crippen LogP) is 0.334. The number of carboxylic acids is 1. The van der Waals surface area contributed by atoms with Crippen LogP contribution in [0.3, 0.4) is 0 Å². The monoisotopic (exact) mass is 255 g/mol. The van der Waals surface area contributed by atoms with Gasteiger partial charge in [0.05, 0.1) is 25.4 Å². The third kappa shape index (κ3) is 3.34. The number of furan rings is 1. The molecule has 0 aliphatic heterocycles. The second kappa shape index (κ2) is 5.85. The number of hydrogen-bond acceptors (Lipinski definition) is 5. The summed E-state index contributed by atoms with van der Waals surface area (Å²) in [6.07, 6.45) is 0.884. The molecule has 0 bridgehead atoms. The van der Waals surface area contributed by atoms with Crippen LogP contribution in [-0.4, -0.2) is 36.1 Å². The van der Waals surface area contributed by atoms with Crippen LogP contribution in [0.25, 0.3) is 0 Å². The van der Waals surface area contributed by atoms with Crippen molar-refractivity contribution in [2.45, 2.75) is 19.4 Å². The lowest BCUT2D eigenvalue weighted by Crippen LogP contribution is -2.42. The van der Waals surface area contributed by atoms with E-state index in [1.165, 1.54) is 12.3 Å². The molecular formula is C11H13NO6. The van der Waals surface area contributed by atoms with E-state index in [9.17, 15) is 14.4 Å². The van der Waals surface area contributed by atoms with Gasteiger partial charge in [-0.1, -0.05) is 0 Å². The summed E-state index contributed by atoms with van der Waals surface area (Å²) < 4.78 is 9.28. The van der Waals surface area contributed by atoms with E-state index in [0.29, 0.717) is 5.76 Å². The minimum absolute atomic E-state index is 0.228. The molecule has 18 heavy (non-hydrogen) atoms. The normalized spacial score (nSPS) is 11.7. The first-order valence-electron chi connectivity index (χ1n) is 5.10. The molecule has 1 heterocycles. The van der Waals surface area contributed by atoms with Gasteiger partial charge in [-0.25, -0.2) is 4.79 Å². The maximum absolute atomic E-state index is 11.7. The number of carboxylic acid groups (broad SMARTS) is 1. The third-order valence-electron chi connectivity index (χ3n) is 2.31. The highest BCUT2D eigenvalue weighted by Crippen LogP contribution is 2.09. The van der Waals surface area contributed by atoms with Gasteiger partial charge in [0.1, 0.15) is 11.8 Å². The molecule has 0 unspecified atom stereocenters. The van der Waals surface area contributed by atoms with Crippen molar-refractivity contribution in [3.63, 3.8) is 0 Å². The van der Waals surface area contributed by atoms with Gasteiger partial charge < -0.3 is 19.6 Å². The molecule has 1 aromatic heterocycles. The van der Waals surface area contributed by atoms with E-state index in [2.05, 4.69) is 10.1 Å². The van der Waals surface area contributed by atoms with E-state index in [1.54, 1.807) is 6.92 Å². The van der Waals surface area contributed by atoms with Gasteiger partial charge in [0.2, 0.25) is 0 Å². The molecule has 7 heteroatoms. The van der Waals surface area contributed by atoms with E-state index < -0.39 is 30.3 Å². The van der Waals surface area contributed by atoms with Crippen LogP contribution < -0.4 is 5.32 Å². The molecule has 0 saturated carbocycles. The summed E-state index contributed by atoms with van der Waals surface area (Å²) >= 11 is 0. The molecule has 0 fully saturated rings. The fraction of sp³-hybridized carbons (Fsp3) is 0.364. The second-order valence-corrected chi connectivity index (χ2v) is 3.54. The first-order chi connectivity index (χ1) is 8.45. The number of esters is 1. The Labute approximate surface area is 103 Å². The van der Waals surface area contributed by atoms with E-state index in [1.807, 2.05) is 0 Å². The SMILES string of the molecule is COC(=O)C[C@H](NC(=O)c1ccoc1C)C(=O)O. The highest BCUT2D eigenvalue weighted by atomic mass is 16.5. The molecule has 0 aliphatic rings. The summed E-state index contributed by atoms with van der Waals surface area (Å²) in [5, 5.41) is 11.1. The third-order valence-corrected chi connectivity index (χ3v) is 2.31. The Hall–Kier alpha value is -2.31. The Morgan fingerprint density at radius 2 is 2.17 bits per heavy atom. The van der Waals surface area contributed by atoms with Gasteiger partial charge in [0.15, 0.2) is 0 Å². The van der Waals surface area contributed by atoms with Crippen molar-refractivity contribution in [1.82, 2.24) is 5.32 Å². The number of hydrogen-bond donors (Lipinski definition) is 2. The average Bonchev–Trinajstić information content (AvgIpc) is 2.74. The zero-order chi connectivity index (χ0) is 13.7. The van der Waals surface area contributed by atoms with Crippen molar-refractivity contribution in [1.29, 1.82) is 0 Å². The molecule has 98 valence electrons. The smallest absolute Gasteiger partial charge is 0.326 e. The van der Waals surface area contributed by atoms with Crippen molar-refractivity contribution in [3.05, 3.63) is 23.7 Å². The van der Waals surface area contributed by atoms with Gasteiger partial charge in [-0.2, -0.15) is 0 Å². The Kier molecular flexibility index (Phi) is 4.47. The van der Waals surface area contributed by atoms with Crippen LogP contribution in [0.15, 0.2) is 16.7 Å². The number of nitrogens with one attached hydrogen (secondary N) is 1. The first kappa shape index (κ1) is 13.8. The van der Waals surface area contributed by atoms with Crippen LogP contribution in [0.1, 0.15) is 22.5 Å². The van der Waals surface area contributed by atoms with Crippen molar-refractivity contribution in [2.75, 3.05) is 7.11 Å². The number of aryl methyl sites for hydroxylation is 1. The van der Waals surface area contributed by atoms with E-state index in [0.717, 1.165) is 7.11 Å². The number of aliphatic carboxylic acids is 1. The van der Waals surface area contributed by atoms with Crippen molar-refractivity contribution in [3.8, 4) is 0 Å². The second-order valence-electron chi connectivity index (χ2n) is 3.54. The van der Waals surface area contributed by atoms with E-state index in [-0.39, 0.29) is 5.56 Å². The fourth-order valence-corrected chi connectivity index (χ4v) is 1.31. The van der Waals surface area contributed by atoms with Gasteiger partial charge >= 0.3 is 11.9 Å². The van der Waals surface area contributed by atoms with Crippen molar-refractivity contribution >= 4 is 17.8 Å². The largest absolute Gasteiger partial charge is 0.480 e. The molecule has 0 aliphatic carbocycles. The van der Waals surface area contributed by atoms with E-state index >= 15 is 0 Å². The summed E-state index contributed by atoms with van der Waals surface area (Å²) in [4.78, 5) is 33.6. The quantitative estimate of drug-likeness (QED) is 0.734. The van der Waals surface area contributed by atoms with E-state index in [4.69, 9.17) is 9.52 Å². The van der Waals surface area contributed by atoms with Crippen LogP contribution in [0.5, 0.6) is 0 Å². The standard InChI is InChI=1S/C11H13NO6/c1-6-7(3-4-18-6)10(14)12-8(11(15)16)5-9(13)17-2/h3-4,8H,5H2,1-2H3,(H,12,14)(H,15,16)/t8-/m0/s1. The topological polar surface area (TPSA) is 106 Å². The molecule has 0 spiro atoms. The van der Waals surface area contributed by atoms with Crippen LogP contribution in [0, 0.1) is 6.92 Å². The number of carbonyl (C=O) groups excluding carboxylic acids is 2. The van der Waals surface area contributed by atoms with Gasteiger partial charge in [-0.15, -0.1) is 0 Å².